The minimum Gasteiger partial charge on any atom is -0.381 e. The van der Waals surface area contributed by atoms with E-state index in [0.717, 1.165) is 13.2 Å². The van der Waals surface area contributed by atoms with Gasteiger partial charge in [0.15, 0.2) is 0 Å². The minimum absolute atomic E-state index is 0.998. The molecule has 0 saturated heterocycles. The smallest absolute Gasteiger partial charge is 0.0466 e. The molecule has 0 N–H and O–H groups in total. The fourth-order valence-corrected chi connectivity index (χ4v) is 6.67. The third-order valence-corrected chi connectivity index (χ3v) is 9.78. The van der Waals surface area contributed by atoms with Crippen LogP contribution in [0.4, 0.5) is 0 Å². The number of hydrogen-bond donors (Lipinski definition) is 0. The molecule has 0 radical (unpaired) electrons. The third kappa shape index (κ3) is 42.0. The van der Waals surface area contributed by atoms with Gasteiger partial charge in [-0.15, -0.1) is 0 Å². The molecule has 0 aliphatic heterocycles. The molecule has 0 rings (SSSR count). The van der Waals surface area contributed by atoms with Gasteiger partial charge in [-0.25, -0.2) is 0 Å². The molecule has 260 valence electrons. The maximum Gasteiger partial charge on any atom is 0.0466 e. The zero-order valence-electron chi connectivity index (χ0n) is 30.7. The van der Waals surface area contributed by atoms with E-state index < -0.39 is 0 Å². The molecule has 0 aromatic heterocycles. The summed E-state index contributed by atoms with van der Waals surface area (Å²) in [5, 5.41) is 0. The van der Waals surface area contributed by atoms with Gasteiger partial charge in [-0.05, 0) is 12.8 Å². The molecule has 1 nitrogen and oxygen atoms in total. The van der Waals surface area contributed by atoms with Crippen molar-refractivity contribution in [3.05, 3.63) is 0 Å². The van der Waals surface area contributed by atoms with E-state index in [-0.39, 0.29) is 0 Å². The van der Waals surface area contributed by atoms with E-state index in [0.29, 0.717) is 0 Å². The second-order valence-corrected chi connectivity index (χ2v) is 14.3. The van der Waals surface area contributed by atoms with Gasteiger partial charge in [-0.1, -0.05) is 245 Å². The highest BCUT2D eigenvalue weighted by molar-refractivity contribution is 4.52. The number of ether oxygens (including phenoxy) is 1. The molecule has 43 heavy (non-hydrogen) atoms. The first kappa shape index (κ1) is 43.0. The van der Waals surface area contributed by atoms with Gasteiger partial charge in [0.05, 0.1) is 0 Å². The van der Waals surface area contributed by atoms with Crippen molar-refractivity contribution in [2.75, 3.05) is 13.2 Å². The van der Waals surface area contributed by atoms with Crippen LogP contribution in [0.1, 0.15) is 258 Å². The van der Waals surface area contributed by atoms with Crippen LogP contribution < -0.4 is 0 Å². The standard InChI is InChI=1S/C42H86O/c1-3-5-7-9-11-13-15-17-19-21-23-25-27-29-31-33-35-37-39-41-43-42-40-38-36-34-32-30-28-26-24-22-20-18-16-14-12-10-8-6-4-2/h3-42H2,1-2H3. The molecule has 0 fully saturated rings. The van der Waals surface area contributed by atoms with E-state index in [1.165, 1.54) is 244 Å². The van der Waals surface area contributed by atoms with Gasteiger partial charge in [-0.3, -0.25) is 0 Å². The van der Waals surface area contributed by atoms with Crippen LogP contribution in [0.5, 0.6) is 0 Å². The lowest BCUT2D eigenvalue weighted by molar-refractivity contribution is 0.125. The fourth-order valence-electron chi connectivity index (χ4n) is 6.67. The first-order chi connectivity index (χ1) is 21.4. The summed E-state index contributed by atoms with van der Waals surface area (Å²) < 4.78 is 5.90. The van der Waals surface area contributed by atoms with Gasteiger partial charge < -0.3 is 4.74 Å². The molecule has 0 bridgehead atoms. The molecule has 0 aliphatic carbocycles. The molecule has 0 heterocycles. The van der Waals surface area contributed by atoms with Crippen LogP contribution in [0.2, 0.25) is 0 Å². The van der Waals surface area contributed by atoms with E-state index >= 15 is 0 Å². The zero-order valence-corrected chi connectivity index (χ0v) is 30.7. The lowest BCUT2D eigenvalue weighted by Crippen LogP contribution is -1.97. The van der Waals surface area contributed by atoms with Crippen LogP contribution in [0.15, 0.2) is 0 Å². The van der Waals surface area contributed by atoms with Gasteiger partial charge in [-0.2, -0.15) is 0 Å². The third-order valence-electron chi connectivity index (χ3n) is 9.78. The van der Waals surface area contributed by atoms with E-state index in [4.69, 9.17) is 4.74 Å². The van der Waals surface area contributed by atoms with E-state index in [1.807, 2.05) is 0 Å². The summed E-state index contributed by atoms with van der Waals surface area (Å²) in [7, 11) is 0. The number of unbranched alkanes of at least 4 members (excludes halogenated alkanes) is 36. The van der Waals surface area contributed by atoms with Crippen molar-refractivity contribution in [3.63, 3.8) is 0 Å². The fraction of sp³-hybridized carbons (Fsp3) is 1.00. The van der Waals surface area contributed by atoms with Crippen LogP contribution in [-0.4, -0.2) is 13.2 Å². The summed E-state index contributed by atoms with van der Waals surface area (Å²) in [6, 6.07) is 0. The Bertz CT molecular complexity index is 406. The van der Waals surface area contributed by atoms with E-state index in [9.17, 15) is 0 Å². The Hall–Kier alpha value is -0.0400. The molecule has 0 aliphatic rings. The second-order valence-electron chi connectivity index (χ2n) is 14.3. The normalized spacial score (nSPS) is 11.6. The average molecular weight is 607 g/mol. The maximum absolute atomic E-state index is 5.90. The first-order valence-electron chi connectivity index (χ1n) is 21.0. The molecule has 0 aromatic carbocycles. The Morgan fingerprint density at radius 3 is 0.488 bits per heavy atom. The molecular weight excluding hydrogens is 520 g/mol. The molecular formula is C42H86O. The Morgan fingerprint density at radius 1 is 0.186 bits per heavy atom. The van der Waals surface area contributed by atoms with Crippen molar-refractivity contribution in [3.8, 4) is 0 Å². The van der Waals surface area contributed by atoms with Crippen molar-refractivity contribution < 1.29 is 4.74 Å². The van der Waals surface area contributed by atoms with Crippen LogP contribution in [0, 0.1) is 0 Å². The quantitative estimate of drug-likeness (QED) is 0.0630. The van der Waals surface area contributed by atoms with Gasteiger partial charge in [0.25, 0.3) is 0 Å². The summed E-state index contributed by atoms with van der Waals surface area (Å²) in [6.07, 6.45) is 55.0. The lowest BCUT2D eigenvalue weighted by atomic mass is 10.0. The van der Waals surface area contributed by atoms with Crippen LogP contribution in [0.3, 0.4) is 0 Å². The highest BCUT2D eigenvalue weighted by Crippen LogP contribution is 2.16. The SMILES string of the molecule is CCCCCCCCCCCCCCCCCCCCCOCCCCCCCCCCCCCCCCCCCCC. The number of hydrogen-bond acceptors (Lipinski definition) is 1. The summed E-state index contributed by atoms with van der Waals surface area (Å²) >= 11 is 0. The summed E-state index contributed by atoms with van der Waals surface area (Å²) in [5.41, 5.74) is 0. The first-order valence-corrected chi connectivity index (χ1v) is 21.0. The lowest BCUT2D eigenvalue weighted by Gasteiger charge is -2.06. The van der Waals surface area contributed by atoms with Gasteiger partial charge in [0.1, 0.15) is 0 Å². The predicted octanol–water partition coefficient (Wildman–Crippen LogP) is 15.9. The molecule has 0 aromatic rings. The Balaban J connectivity index is 3.02. The van der Waals surface area contributed by atoms with Crippen molar-refractivity contribution >= 4 is 0 Å². The molecule has 0 atom stereocenters. The number of rotatable bonds is 40. The van der Waals surface area contributed by atoms with Crippen molar-refractivity contribution in [1.82, 2.24) is 0 Å². The molecule has 0 unspecified atom stereocenters. The van der Waals surface area contributed by atoms with Crippen LogP contribution in [0.25, 0.3) is 0 Å². The van der Waals surface area contributed by atoms with Crippen molar-refractivity contribution in [1.29, 1.82) is 0 Å². The van der Waals surface area contributed by atoms with E-state index in [1.54, 1.807) is 0 Å². The highest BCUT2D eigenvalue weighted by atomic mass is 16.5. The van der Waals surface area contributed by atoms with E-state index in [2.05, 4.69) is 13.8 Å². The van der Waals surface area contributed by atoms with Gasteiger partial charge >= 0.3 is 0 Å². The second kappa shape index (κ2) is 42.0. The maximum atomic E-state index is 5.90. The van der Waals surface area contributed by atoms with Crippen molar-refractivity contribution in [2.45, 2.75) is 258 Å². The van der Waals surface area contributed by atoms with Gasteiger partial charge in [0.2, 0.25) is 0 Å². The molecule has 0 amide bonds. The minimum atomic E-state index is 0.998. The molecule has 0 spiro atoms. The topological polar surface area (TPSA) is 9.23 Å². The highest BCUT2D eigenvalue weighted by Gasteiger charge is 1.98. The van der Waals surface area contributed by atoms with Crippen molar-refractivity contribution in [2.24, 2.45) is 0 Å². The molecule has 1 heteroatoms. The largest absolute Gasteiger partial charge is 0.381 e. The summed E-state index contributed by atoms with van der Waals surface area (Å²) in [5.74, 6) is 0. The summed E-state index contributed by atoms with van der Waals surface area (Å²) in [4.78, 5) is 0. The van der Waals surface area contributed by atoms with Crippen LogP contribution in [-0.2, 0) is 4.74 Å². The summed E-state index contributed by atoms with van der Waals surface area (Å²) in [6.45, 7) is 6.61. The Morgan fingerprint density at radius 2 is 0.326 bits per heavy atom. The monoisotopic (exact) mass is 607 g/mol. The zero-order chi connectivity index (χ0) is 31.0. The van der Waals surface area contributed by atoms with Gasteiger partial charge in [0, 0.05) is 13.2 Å². The molecule has 0 saturated carbocycles. The Kier molecular flexibility index (Phi) is 41.9. The average Bonchev–Trinajstić information content (AvgIpc) is 3.02. The Labute approximate surface area is 275 Å². The predicted molar refractivity (Wildman–Crippen MR) is 198 cm³/mol. The van der Waals surface area contributed by atoms with Crippen LogP contribution >= 0.6 is 0 Å².